The topological polar surface area (TPSA) is 111 Å². The van der Waals surface area contributed by atoms with Crippen molar-refractivity contribution < 1.29 is 14.0 Å². The van der Waals surface area contributed by atoms with Crippen LogP contribution in [0, 0.1) is 6.92 Å². The number of aromatic nitrogens is 2. The molecule has 9 heteroatoms. The Kier molecular flexibility index (Phi) is 5.38. The lowest BCUT2D eigenvalue weighted by molar-refractivity contribution is -0.115. The Morgan fingerprint density at radius 3 is 2.77 bits per heavy atom. The molecule has 0 fully saturated rings. The van der Waals surface area contributed by atoms with Crippen molar-refractivity contribution in [3.05, 3.63) is 46.8 Å². The molecule has 2 amide bonds. The van der Waals surface area contributed by atoms with Gasteiger partial charge in [0, 0.05) is 5.56 Å². The molecule has 0 aliphatic rings. The van der Waals surface area contributed by atoms with Gasteiger partial charge in [0.2, 0.25) is 11.8 Å². The minimum absolute atomic E-state index is 0.282. The first-order chi connectivity index (χ1) is 12.5. The molecular formula is C17H16N4O3S2. The number of benzene rings is 1. The number of hydrogen-bond donors (Lipinski definition) is 2. The lowest BCUT2D eigenvalue weighted by Crippen LogP contribution is -2.23. The van der Waals surface area contributed by atoms with Gasteiger partial charge < -0.3 is 15.5 Å². The van der Waals surface area contributed by atoms with Crippen LogP contribution in [0.2, 0.25) is 0 Å². The normalized spacial score (nSPS) is 11.9. The molecule has 2 aromatic heterocycles. The molecule has 7 nitrogen and oxygen atoms in total. The van der Waals surface area contributed by atoms with Crippen molar-refractivity contribution in [1.29, 1.82) is 0 Å². The molecule has 1 atom stereocenters. The molecule has 0 spiro atoms. The van der Waals surface area contributed by atoms with Gasteiger partial charge in [-0.3, -0.25) is 9.59 Å². The first-order valence-electron chi connectivity index (χ1n) is 7.70. The van der Waals surface area contributed by atoms with Gasteiger partial charge in [-0.1, -0.05) is 30.0 Å². The molecule has 0 unspecified atom stereocenters. The number of nitrogens with two attached hydrogens (primary N) is 1. The predicted molar refractivity (Wildman–Crippen MR) is 101 cm³/mol. The molecule has 2 heterocycles. The molecule has 3 rings (SSSR count). The van der Waals surface area contributed by atoms with E-state index in [-0.39, 0.29) is 5.91 Å². The molecule has 0 aliphatic heterocycles. The van der Waals surface area contributed by atoms with Gasteiger partial charge in [-0.2, -0.15) is 0 Å². The fourth-order valence-electron chi connectivity index (χ4n) is 2.20. The maximum absolute atomic E-state index is 12.4. The van der Waals surface area contributed by atoms with Crippen LogP contribution in [0.5, 0.6) is 0 Å². The Balaban J connectivity index is 1.67. The SMILES string of the molecule is Cc1ccccc1-c1nnc(S[C@H](C)C(=O)Nc2sccc2C(N)=O)o1. The molecule has 0 radical (unpaired) electrons. The number of aryl methyl sites for hydroxylation is 1. The summed E-state index contributed by atoms with van der Waals surface area (Å²) in [4.78, 5) is 23.7. The van der Waals surface area contributed by atoms with Crippen LogP contribution in [-0.4, -0.2) is 27.3 Å². The second-order valence-corrected chi connectivity index (χ2v) is 7.67. The Bertz CT molecular complexity index is 951. The van der Waals surface area contributed by atoms with Crippen molar-refractivity contribution in [1.82, 2.24) is 10.2 Å². The van der Waals surface area contributed by atoms with Crippen LogP contribution in [0.25, 0.3) is 11.5 Å². The van der Waals surface area contributed by atoms with Crippen molar-refractivity contribution in [2.45, 2.75) is 24.3 Å². The molecule has 3 aromatic rings. The van der Waals surface area contributed by atoms with Gasteiger partial charge >= 0.3 is 0 Å². The van der Waals surface area contributed by atoms with Crippen molar-refractivity contribution in [3.63, 3.8) is 0 Å². The van der Waals surface area contributed by atoms with E-state index in [9.17, 15) is 9.59 Å². The smallest absolute Gasteiger partial charge is 0.277 e. The molecule has 134 valence electrons. The van der Waals surface area contributed by atoms with E-state index in [0.29, 0.717) is 21.7 Å². The van der Waals surface area contributed by atoms with E-state index in [1.165, 1.54) is 11.3 Å². The third-order valence-electron chi connectivity index (χ3n) is 3.60. The summed E-state index contributed by atoms with van der Waals surface area (Å²) in [6.45, 7) is 3.68. The summed E-state index contributed by atoms with van der Waals surface area (Å²) in [7, 11) is 0. The van der Waals surface area contributed by atoms with Crippen LogP contribution in [0.1, 0.15) is 22.8 Å². The van der Waals surface area contributed by atoms with E-state index in [0.717, 1.165) is 22.9 Å². The maximum atomic E-state index is 12.4. The fourth-order valence-corrected chi connectivity index (χ4v) is 3.68. The second-order valence-electron chi connectivity index (χ2n) is 5.47. The summed E-state index contributed by atoms with van der Waals surface area (Å²) in [6.07, 6.45) is 0. The van der Waals surface area contributed by atoms with Gasteiger partial charge in [-0.05, 0) is 36.9 Å². The average molecular weight is 388 g/mol. The van der Waals surface area contributed by atoms with Gasteiger partial charge in [-0.15, -0.1) is 21.5 Å². The summed E-state index contributed by atoms with van der Waals surface area (Å²) in [5, 5.41) is 12.7. The van der Waals surface area contributed by atoms with E-state index in [2.05, 4.69) is 15.5 Å². The highest BCUT2D eigenvalue weighted by molar-refractivity contribution is 8.00. The monoisotopic (exact) mass is 388 g/mol. The number of amides is 2. The third kappa shape index (κ3) is 3.94. The fraction of sp³-hybridized carbons (Fsp3) is 0.176. The number of thioether (sulfide) groups is 1. The Labute approximate surface area is 158 Å². The molecule has 3 N–H and O–H groups in total. The van der Waals surface area contributed by atoms with Gasteiger partial charge in [0.05, 0.1) is 10.8 Å². The number of nitrogens with zero attached hydrogens (tertiary/aromatic N) is 2. The first-order valence-corrected chi connectivity index (χ1v) is 9.46. The third-order valence-corrected chi connectivity index (χ3v) is 5.36. The molecule has 1 aromatic carbocycles. The highest BCUT2D eigenvalue weighted by Crippen LogP contribution is 2.29. The zero-order valence-electron chi connectivity index (χ0n) is 14.1. The Hall–Kier alpha value is -2.65. The van der Waals surface area contributed by atoms with Gasteiger partial charge in [0.25, 0.3) is 11.1 Å². The van der Waals surface area contributed by atoms with Gasteiger partial charge in [0.1, 0.15) is 5.00 Å². The minimum Gasteiger partial charge on any atom is -0.411 e. The number of thiophene rings is 1. The van der Waals surface area contributed by atoms with Gasteiger partial charge in [0.15, 0.2) is 0 Å². The van der Waals surface area contributed by atoms with Crippen LogP contribution in [0.3, 0.4) is 0 Å². The Morgan fingerprint density at radius 1 is 1.27 bits per heavy atom. The largest absolute Gasteiger partial charge is 0.411 e. The molecule has 0 saturated carbocycles. The molecule has 0 saturated heterocycles. The summed E-state index contributed by atoms with van der Waals surface area (Å²) in [5.74, 6) is -0.454. The van der Waals surface area contributed by atoms with Crippen molar-refractivity contribution in [2.24, 2.45) is 5.73 Å². The number of hydrogen-bond acceptors (Lipinski definition) is 7. The van der Waals surface area contributed by atoms with Crippen LogP contribution in [0.15, 0.2) is 45.4 Å². The minimum atomic E-state index is -0.582. The molecular weight excluding hydrogens is 372 g/mol. The number of carbonyl (C=O) groups is 2. The zero-order valence-corrected chi connectivity index (χ0v) is 15.7. The van der Waals surface area contributed by atoms with Crippen molar-refractivity contribution >= 4 is 39.9 Å². The van der Waals surface area contributed by atoms with Crippen LogP contribution >= 0.6 is 23.1 Å². The quantitative estimate of drug-likeness (QED) is 0.627. The highest BCUT2D eigenvalue weighted by Gasteiger charge is 2.21. The highest BCUT2D eigenvalue weighted by atomic mass is 32.2. The molecule has 0 aliphatic carbocycles. The second kappa shape index (κ2) is 7.71. The van der Waals surface area contributed by atoms with E-state index < -0.39 is 11.2 Å². The number of rotatable bonds is 6. The summed E-state index contributed by atoms with van der Waals surface area (Å²) >= 11 is 2.38. The van der Waals surface area contributed by atoms with E-state index in [1.807, 2.05) is 31.2 Å². The van der Waals surface area contributed by atoms with Crippen LogP contribution in [0.4, 0.5) is 5.00 Å². The average Bonchev–Trinajstić information content (AvgIpc) is 3.24. The van der Waals surface area contributed by atoms with Crippen molar-refractivity contribution in [2.75, 3.05) is 5.32 Å². The number of anilines is 1. The standard InChI is InChI=1S/C17H16N4O3S2/c1-9-5-3-4-6-11(9)15-20-21-17(24-15)26-10(2)14(23)19-16-12(13(18)22)7-8-25-16/h3-8,10H,1-2H3,(H2,18,22)(H,19,23)/t10-/m1/s1. The lowest BCUT2D eigenvalue weighted by Gasteiger charge is -2.09. The summed E-state index contributed by atoms with van der Waals surface area (Å²) in [5.41, 5.74) is 7.45. The number of carbonyl (C=O) groups excluding carboxylic acids is 2. The Morgan fingerprint density at radius 2 is 2.04 bits per heavy atom. The number of primary amides is 1. The summed E-state index contributed by atoms with van der Waals surface area (Å²) in [6, 6.07) is 9.26. The zero-order chi connectivity index (χ0) is 18.7. The van der Waals surface area contributed by atoms with Crippen molar-refractivity contribution in [3.8, 4) is 11.5 Å². The molecule has 0 bridgehead atoms. The lowest BCUT2D eigenvalue weighted by atomic mass is 10.1. The van der Waals surface area contributed by atoms with E-state index in [1.54, 1.807) is 18.4 Å². The molecule has 26 heavy (non-hydrogen) atoms. The van der Waals surface area contributed by atoms with Crippen LogP contribution < -0.4 is 11.1 Å². The predicted octanol–water partition coefficient (Wildman–Crippen LogP) is 3.32. The summed E-state index contributed by atoms with van der Waals surface area (Å²) < 4.78 is 5.66. The first kappa shape index (κ1) is 18.2. The van der Waals surface area contributed by atoms with E-state index in [4.69, 9.17) is 10.2 Å². The number of nitrogens with one attached hydrogen (secondary N) is 1. The van der Waals surface area contributed by atoms with Gasteiger partial charge in [-0.25, -0.2) is 0 Å². The van der Waals surface area contributed by atoms with Crippen LogP contribution in [-0.2, 0) is 4.79 Å². The maximum Gasteiger partial charge on any atom is 0.277 e. The van der Waals surface area contributed by atoms with E-state index >= 15 is 0 Å².